The Labute approximate surface area is 491 Å². The van der Waals surface area contributed by atoms with E-state index in [1.807, 2.05) is 23.6 Å². The number of piperidine rings is 2. The lowest BCUT2D eigenvalue weighted by atomic mass is 9.78. The Morgan fingerprint density at radius 3 is 1.09 bits per heavy atom. The smallest absolute Gasteiger partial charge is 0.270 e. The van der Waals surface area contributed by atoms with Crippen LogP contribution in [-0.4, -0.2) is 97.1 Å². The number of Topliss-reactive ketones (excluding diaryl/α,β-unsaturated/α-hetero) is 2. The number of nitrogens with zero attached hydrogens (tertiary/aromatic N) is 4. The SMILES string of the molecule is CC.CC(=O)CN=C1CCC/C1=C(/N)C(=O)N1CCC2(CCOC2)CC1.CC(=O)CN=C1CCC/C1=C(/N)C(=O)N1CCCCC1.CCCC.CCCC.CCCC.CCCC.Cc1cccc(C)c1C.Cc1cccc(C)c1C. The Bertz CT molecular complexity index is 2050. The molecule has 0 atom stereocenters. The monoisotopic (exact) mass is 1110 g/mol. The van der Waals surface area contributed by atoms with Crippen LogP contribution in [-0.2, 0) is 23.9 Å². The van der Waals surface area contributed by atoms with Gasteiger partial charge >= 0.3 is 0 Å². The third kappa shape index (κ3) is 31.3. The Balaban J connectivity index is 0. The Morgan fingerprint density at radius 1 is 0.487 bits per heavy atom. The highest BCUT2D eigenvalue weighted by atomic mass is 16.5. The predicted octanol–water partition coefficient (Wildman–Crippen LogP) is 16.3. The minimum atomic E-state index is -0.0730. The van der Waals surface area contributed by atoms with Crippen LogP contribution in [0.5, 0.6) is 0 Å². The van der Waals surface area contributed by atoms with Crippen molar-refractivity contribution in [2.75, 3.05) is 52.5 Å². The van der Waals surface area contributed by atoms with Crippen molar-refractivity contribution in [3.8, 4) is 0 Å². The number of unbranched alkanes of at least 4 members (excludes halogenated alkanes) is 4. The predicted molar refractivity (Wildman–Crippen MR) is 345 cm³/mol. The van der Waals surface area contributed by atoms with Gasteiger partial charge in [-0.1, -0.05) is 157 Å². The maximum absolute atomic E-state index is 12.8. The molecule has 1 spiro atoms. The number of rotatable bonds is 10. The van der Waals surface area contributed by atoms with E-state index in [0.717, 1.165) is 133 Å². The van der Waals surface area contributed by atoms with Crippen molar-refractivity contribution >= 4 is 34.8 Å². The van der Waals surface area contributed by atoms with Crippen molar-refractivity contribution in [3.63, 3.8) is 0 Å². The molecule has 2 aromatic rings. The van der Waals surface area contributed by atoms with E-state index in [2.05, 4.69) is 143 Å². The average Bonchev–Trinajstić information content (AvgIpc) is 4.28. The summed E-state index contributed by atoms with van der Waals surface area (Å²) in [4.78, 5) is 59.7. The van der Waals surface area contributed by atoms with Gasteiger partial charge in [0.25, 0.3) is 11.8 Å². The first-order chi connectivity index (χ1) is 38.2. The van der Waals surface area contributed by atoms with Gasteiger partial charge in [-0.05, 0) is 171 Å². The van der Waals surface area contributed by atoms with Crippen LogP contribution in [0, 0.1) is 47.0 Å². The molecule has 0 aromatic heterocycles. The number of amides is 2. The molecule has 2 amide bonds. The zero-order chi connectivity index (χ0) is 61.1. The number of aliphatic imine (C=N–C) groups is 2. The first-order valence-electron chi connectivity index (χ1n) is 31.4. The molecule has 11 nitrogen and oxygen atoms in total. The third-order valence-electron chi connectivity index (χ3n) is 15.2. The van der Waals surface area contributed by atoms with E-state index in [0.29, 0.717) is 11.4 Å². The van der Waals surface area contributed by atoms with Gasteiger partial charge in [-0.25, -0.2) is 0 Å². The number of benzene rings is 2. The number of carbonyl (C=O) groups is 4. The maximum atomic E-state index is 12.8. The van der Waals surface area contributed by atoms with Crippen LogP contribution in [0.1, 0.15) is 245 Å². The van der Waals surface area contributed by atoms with Crippen molar-refractivity contribution in [1.82, 2.24) is 9.80 Å². The Kier molecular flexibility index (Phi) is 45.0. The molecule has 0 unspecified atom stereocenters. The molecule has 3 saturated heterocycles. The lowest BCUT2D eigenvalue weighted by molar-refractivity contribution is -0.129. The van der Waals surface area contributed by atoms with Crippen LogP contribution in [0.4, 0.5) is 0 Å². The molecule has 4 N–H and O–H groups in total. The lowest BCUT2D eigenvalue weighted by Gasteiger charge is -2.38. The second-order valence-electron chi connectivity index (χ2n) is 21.9. The first kappa shape index (κ1) is 77.2. The van der Waals surface area contributed by atoms with Crippen molar-refractivity contribution in [2.24, 2.45) is 26.9 Å². The molecule has 80 heavy (non-hydrogen) atoms. The molecule has 0 bridgehead atoms. The standard InChI is InChI=1S/C18H27N3O3.C15H23N3O2.2C9H12.4C4H10.C2H6/c1-13(22)11-20-15-4-2-3-14(15)16(19)17(23)21-8-5-18(6-9-21)7-10-24-12-18;1-11(19)10-17-13-7-5-6-12(13)14(16)15(20)18-8-3-2-4-9-18;2*1-7-5-4-6-8(2)9(7)3;4*1-3-4-2;1-2/h2-12,19H2,1H3;2-10,16H2,1H3;2*4-6H,1-3H3;4*3-4H2,1-2H3;1-2H3/b16-14-,20-15?;14-12-,17-13?;;;;;;;. The highest BCUT2D eigenvalue weighted by Crippen LogP contribution is 2.39. The average molecular weight is 1110 g/mol. The summed E-state index contributed by atoms with van der Waals surface area (Å²) >= 11 is 0. The number of ether oxygens (including phenoxy) is 1. The zero-order valence-corrected chi connectivity index (χ0v) is 54.7. The van der Waals surface area contributed by atoms with Gasteiger partial charge in [0.15, 0.2) is 11.6 Å². The van der Waals surface area contributed by atoms with Gasteiger partial charge in [-0.2, -0.15) is 0 Å². The van der Waals surface area contributed by atoms with Crippen molar-refractivity contribution < 1.29 is 23.9 Å². The first-order valence-corrected chi connectivity index (χ1v) is 31.4. The number of aryl methyl sites for hydroxylation is 4. The van der Waals surface area contributed by atoms with E-state index in [1.165, 1.54) is 105 Å². The van der Waals surface area contributed by atoms with Crippen molar-refractivity contribution in [1.29, 1.82) is 0 Å². The van der Waals surface area contributed by atoms with E-state index in [4.69, 9.17) is 16.2 Å². The number of allylic oxidation sites excluding steroid dienone is 2. The number of ketones is 2. The van der Waals surface area contributed by atoms with E-state index in [1.54, 1.807) is 0 Å². The fourth-order valence-electron chi connectivity index (χ4n) is 8.52. The van der Waals surface area contributed by atoms with Crippen LogP contribution in [0.25, 0.3) is 0 Å². The third-order valence-corrected chi connectivity index (χ3v) is 15.2. The highest BCUT2D eigenvalue weighted by Gasteiger charge is 2.39. The van der Waals surface area contributed by atoms with E-state index in [9.17, 15) is 19.2 Å². The summed E-state index contributed by atoms with van der Waals surface area (Å²) in [5, 5.41) is 0. The van der Waals surface area contributed by atoms with Crippen LogP contribution in [0.15, 0.2) is 68.9 Å². The fraction of sp³-hybridized carbons (Fsp3) is 0.681. The molecular formula is C69H120N6O5. The molecule has 7 rings (SSSR count). The van der Waals surface area contributed by atoms with Gasteiger partial charge in [0.1, 0.15) is 11.4 Å². The van der Waals surface area contributed by atoms with Crippen LogP contribution < -0.4 is 11.5 Å². The van der Waals surface area contributed by atoms with Gasteiger partial charge in [0, 0.05) is 55.4 Å². The molecule has 2 aliphatic carbocycles. The number of hydrogen-bond donors (Lipinski definition) is 2. The molecule has 2 aromatic carbocycles. The number of carbonyl (C=O) groups excluding carboxylic acids is 4. The number of hydrogen-bond acceptors (Lipinski definition) is 9. The van der Waals surface area contributed by atoms with Gasteiger partial charge in [0.2, 0.25) is 0 Å². The summed E-state index contributed by atoms with van der Waals surface area (Å²) in [6, 6.07) is 12.8. The van der Waals surface area contributed by atoms with E-state index in [-0.39, 0.29) is 41.9 Å². The van der Waals surface area contributed by atoms with Gasteiger partial charge in [-0.15, -0.1) is 0 Å². The molecule has 3 aliphatic heterocycles. The highest BCUT2D eigenvalue weighted by molar-refractivity contribution is 6.10. The molecule has 456 valence electrons. The summed E-state index contributed by atoms with van der Waals surface area (Å²) in [6.45, 7) is 42.5. The molecule has 11 heteroatoms. The number of nitrogens with two attached hydrogens (primary N) is 2. The minimum Gasteiger partial charge on any atom is -0.394 e. The van der Waals surface area contributed by atoms with E-state index >= 15 is 0 Å². The largest absolute Gasteiger partial charge is 0.394 e. The summed E-state index contributed by atoms with van der Waals surface area (Å²) in [6.07, 6.45) is 22.0. The van der Waals surface area contributed by atoms with Crippen LogP contribution >= 0.6 is 0 Å². The summed E-state index contributed by atoms with van der Waals surface area (Å²) in [7, 11) is 0. The fourth-order valence-corrected chi connectivity index (χ4v) is 8.52. The molecular weight excluding hydrogens is 993 g/mol. The topological polar surface area (TPSA) is 161 Å². The Hall–Kier alpha value is -4.90. The summed E-state index contributed by atoms with van der Waals surface area (Å²) in [5.74, 6) is -0.0725. The molecule has 3 heterocycles. The summed E-state index contributed by atoms with van der Waals surface area (Å²) in [5.41, 5.74) is 25.0. The van der Waals surface area contributed by atoms with Crippen molar-refractivity contribution in [3.05, 3.63) is 92.3 Å². The number of likely N-dealkylation sites (tertiary alicyclic amines) is 2. The molecule has 2 saturated carbocycles. The second kappa shape index (κ2) is 46.7. The van der Waals surface area contributed by atoms with Gasteiger partial charge in [0.05, 0.1) is 19.7 Å². The maximum Gasteiger partial charge on any atom is 0.270 e. The molecule has 0 radical (unpaired) electrons. The lowest BCUT2D eigenvalue weighted by Crippen LogP contribution is -2.45. The molecule has 5 aliphatic rings. The van der Waals surface area contributed by atoms with Gasteiger partial charge in [-0.3, -0.25) is 29.2 Å². The van der Waals surface area contributed by atoms with Gasteiger partial charge < -0.3 is 26.0 Å². The normalized spacial score (nSPS) is 17.9. The zero-order valence-electron chi connectivity index (χ0n) is 54.7. The van der Waals surface area contributed by atoms with E-state index < -0.39 is 0 Å². The summed E-state index contributed by atoms with van der Waals surface area (Å²) < 4.78 is 5.54. The van der Waals surface area contributed by atoms with Crippen molar-refractivity contribution in [2.45, 2.75) is 253 Å². The quantitative estimate of drug-likeness (QED) is 0.224. The van der Waals surface area contributed by atoms with Crippen LogP contribution in [0.2, 0.25) is 0 Å². The molecule has 5 fully saturated rings. The minimum absolute atomic E-state index is 0.0266. The Morgan fingerprint density at radius 2 is 0.812 bits per heavy atom. The van der Waals surface area contributed by atoms with Crippen LogP contribution in [0.3, 0.4) is 0 Å². The second-order valence-corrected chi connectivity index (χ2v) is 21.9.